The Kier molecular flexibility index (Phi) is 8.06. The summed E-state index contributed by atoms with van der Waals surface area (Å²) in [5.41, 5.74) is 5.86. The van der Waals surface area contributed by atoms with Crippen molar-refractivity contribution in [1.82, 2.24) is 10.2 Å². The third-order valence-electron chi connectivity index (χ3n) is 4.46. The molecule has 0 aromatic heterocycles. The van der Waals surface area contributed by atoms with Gasteiger partial charge in [-0.15, -0.1) is 24.0 Å². The zero-order valence-electron chi connectivity index (χ0n) is 12.1. The molecular formula is C14H29IN4. The number of likely N-dealkylation sites (N-methyl/N-ethyl adjacent to an activating group) is 1. The molecule has 0 aromatic carbocycles. The summed E-state index contributed by atoms with van der Waals surface area (Å²) in [7, 11) is 2.22. The maximum atomic E-state index is 5.86. The van der Waals surface area contributed by atoms with E-state index < -0.39 is 0 Å². The first-order chi connectivity index (χ1) is 8.75. The van der Waals surface area contributed by atoms with Crippen molar-refractivity contribution in [3.8, 4) is 0 Å². The van der Waals surface area contributed by atoms with Crippen LogP contribution in [0.1, 0.15) is 44.9 Å². The van der Waals surface area contributed by atoms with Crippen molar-refractivity contribution < 1.29 is 0 Å². The molecule has 0 saturated heterocycles. The van der Waals surface area contributed by atoms with Gasteiger partial charge in [-0.05, 0) is 38.6 Å². The number of hydrogen-bond donors (Lipinski definition) is 2. The van der Waals surface area contributed by atoms with E-state index in [0.717, 1.165) is 31.6 Å². The number of nitrogens with zero attached hydrogens (tertiary/aromatic N) is 2. The molecule has 0 unspecified atom stereocenters. The number of hydrogen-bond acceptors (Lipinski definition) is 2. The van der Waals surface area contributed by atoms with Crippen molar-refractivity contribution in [3.05, 3.63) is 0 Å². The molecular weight excluding hydrogens is 351 g/mol. The molecule has 0 radical (unpaired) electrons. The molecule has 0 atom stereocenters. The maximum absolute atomic E-state index is 5.86. The zero-order valence-corrected chi connectivity index (χ0v) is 14.4. The van der Waals surface area contributed by atoms with Gasteiger partial charge in [0.2, 0.25) is 0 Å². The fourth-order valence-electron chi connectivity index (χ4n) is 2.85. The van der Waals surface area contributed by atoms with E-state index in [2.05, 4.69) is 22.3 Å². The summed E-state index contributed by atoms with van der Waals surface area (Å²) in [5, 5.41) is 3.23. The Morgan fingerprint density at radius 1 is 1.21 bits per heavy atom. The highest BCUT2D eigenvalue weighted by atomic mass is 127. The van der Waals surface area contributed by atoms with Crippen LogP contribution in [-0.2, 0) is 0 Å². The van der Waals surface area contributed by atoms with Crippen LogP contribution in [0.15, 0.2) is 4.99 Å². The molecule has 2 fully saturated rings. The van der Waals surface area contributed by atoms with Gasteiger partial charge in [0.05, 0.1) is 0 Å². The van der Waals surface area contributed by atoms with Gasteiger partial charge in [0.15, 0.2) is 5.96 Å². The van der Waals surface area contributed by atoms with E-state index in [-0.39, 0.29) is 24.0 Å². The minimum absolute atomic E-state index is 0. The molecule has 2 aliphatic rings. The predicted octanol–water partition coefficient (Wildman–Crippen LogP) is 2.18. The van der Waals surface area contributed by atoms with Crippen LogP contribution in [-0.4, -0.2) is 43.6 Å². The van der Waals surface area contributed by atoms with Gasteiger partial charge in [-0.3, -0.25) is 4.99 Å². The lowest BCUT2D eigenvalue weighted by Crippen LogP contribution is -2.40. The van der Waals surface area contributed by atoms with Crippen molar-refractivity contribution in [2.45, 2.75) is 51.0 Å². The molecule has 0 aromatic rings. The number of nitrogens with one attached hydrogen (secondary N) is 1. The molecule has 4 nitrogen and oxygen atoms in total. The lowest BCUT2D eigenvalue weighted by atomic mass is 9.86. The summed E-state index contributed by atoms with van der Waals surface area (Å²) in [4.78, 5) is 6.86. The van der Waals surface area contributed by atoms with Crippen LogP contribution in [0.4, 0.5) is 0 Å². The first-order valence-electron chi connectivity index (χ1n) is 7.49. The second-order valence-corrected chi connectivity index (χ2v) is 5.87. The standard InChI is InChI=1S/C14H28N4.HI/c1-18(13-7-2-3-8-13)10-9-16-14(15)17-11-12-5-4-6-12;/h12-13H,2-11H2,1H3,(H3,15,16,17);1H. The van der Waals surface area contributed by atoms with Crippen LogP contribution in [0.3, 0.4) is 0 Å². The molecule has 3 N–H and O–H groups in total. The van der Waals surface area contributed by atoms with Gasteiger partial charge in [0.25, 0.3) is 0 Å². The Morgan fingerprint density at radius 2 is 1.89 bits per heavy atom. The minimum Gasteiger partial charge on any atom is -0.370 e. The van der Waals surface area contributed by atoms with Crippen LogP contribution in [0.5, 0.6) is 0 Å². The predicted molar refractivity (Wildman–Crippen MR) is 92.1 cm³/mol. The smallest absolute Gasteiger partial charge is 0.188 e. The lowest BCUT2D eigenvalue weighted by molar-refractivity contribution is 0.249. The van der Waals surface area contributed by atoms with Crippen molar-refractivity contribution in [3.63, 3.8) is 0 Å². The lowest BCUT2D eigenvalue weighted by Gasteiger charge is -2.24. The summed E-state index contributed by atoms with van der Waals surface area (Å²) in [6.07, 6.45) is 9.56. The molecule has 5 heteroatoms. The summed E-state index contributed by atoms with van der Waals surface area (Å²) in [5.74, 6) is 1.42. The van der Waals surface area contributed by atoms with Crippen molar-refractivity contribution in [2.75, 3.05) is 26.7 Å². The SMILES string of the molecule is CN(CCNC(N)=NCC1CCC1)C1CCCC1.I. The molecule has 112 valence electrons. The second-order valence-electron chi connectivity index (χ2n) is 5.87. The molecule has 2 aliphatic carbocycles. The second kappa shape index (κ2) is 9.00. The van der Waals surface area contributed by atoms with E-state index >= 15 is 0 Å². The normalized spacial score (nSPS) is 21.3. The molecule has 0 amide bonds. The Bertz CT molecular complexity index is 273. The zero-order chi connectivity index (χ0) is 12.8. The van der Waals surface area contributed by atoms with Crippen LogP contribution in [0.2, 0.25) is 0 Å². The van der Waals surface area contributed by atoms with Gasteiger partial charge in [-0.1, -0.05) is 19.3 Å². The molecule has 19 heavy (non-hydrogen) atoms. The van der Waals surface area contributed by atoms with E-state index in [9.17, 15) is 0 Å². The van der Waals surface area contributed by atoms with Crippen molar-refractivity contribution in [2.24, 2.45) is 16.6 Å². The third kappa shape index (κ3) is 5.85. The Labute approximate surface area is 134 Å². The van der Waals surface area contributed by atoms with Crippen molar-refractivity contribution >= 4 is 29.9 Å². The Morgan fingerprint density at radius 3 is 2.47 bits per heavy atom. The van der Waals surface area contributed by atoms with Gasteiger partial charge in [-0.2, -0.15) is 0 Å². The fourth-order valence-corrected chi connectivity index (χ4v) is 2.85. The highest BCUT2D eigenvalue weighted by molar-refractivity contribution is 14.0. The summed E-state index contributed by atoms with van der Waals surface area (Å²) in [6, 6.07) is 0.792. The Balaban J connectivity index is 0.00000180. The molecule has 0 spiro atoms. The first kappa shape index (κ1) is 17.0. The average Bonchev–Trinajstić information content (AvgIpc) is 2.80. The van der Waals surface area contributed by atoms with Gasteiger partial charge < -0.3 is 16.0 Å². The number of aliphatic imine (C=N–C) groups is 1. The highest BCUT2D eigenvalue weighted by Crippen LogP contribution is 2.26. The molecule has 2 saturated carbocycles. The fraction of sp³-hybridized carbons (Fsp3) is 0.929. The van der Waals surface area contributed by atoms with Gasteiger partial charge in [-0.25, -0.2) is 0 Å². The molecule has 0 bridgehead atoms. The maximum Gasteiger partial charge on any atom is 0.188 e. The number of guanidine groups is 1. The van der Waals surface area contributed by atoms with E-state index in [4.69, 9.17) is 5.73 Å². The van der Waals surface area contributed by atoms with Crippen LogP contribution < -0.4 is 11.1 Å². The number of rotatable bonds is 6. The third-order valence-corrected chi connectivity index (χ3v) is 4.46. The first-order valence-corrected chi connectivity index (χ1v) is 7.49. The van der Waals surface area contributed by atoms with Gasteiger partial charge >= 0.3 is 0 Å². The topological polar surface area (TPSA) is 53.6 Å². The van der Waals surface area contributed by atoms with Gasteiger partial charge in [0, 0.05) is 25.7 Å². The van der Waals surface area contributed by atoms with E-state index in [0.29, 0.717) is 5.96 Å². The van der Waals surface area contributed by atoms with Crippen molar-refractivity contribution in [1.29, 1.82) is 0 Å². The molecule has 0 aliphatic heterocycles. The van der Waals surface area contributed by atoms with Crippen LogP contribution in [0.25, 0.3) is 0 Å². The largest absolute Gasteiger partial charge is 0.370 e. The summed E-state index contributed by atoms with van der Waals surface area (Å²) in [6.45, 7) is 2.88. The van der Waals surface area contributed by atoms with Crippen LogP contribution in [0, 0.1) is 5.92 Å². The van der Waals surface area contributed by atoms with E-state index in [1.807, 2.05) is 0 Å². The molecule has 2 rings (SSSR count). The van der Waals surface area contributed by atoms with E-state index in [1.54, 1.807) is 0 Å². The minimum atomic E-state index is 0. The van der Waals surface area contributed by atoms with Gasteiger partial charge in [0.1, 0.15) is 0 Å². The summed E-state index contributed by atoms with van der Waals surface area (Å²) < 4.78 is 0. The number of nitrogens with two attached hydrogens (primary N) is 1. The van der Waals surface area contributed by atoms with E-state index in [1.165, 1.54) is 44.9 Å². The summed E-state index contributed by atoms with van der Waals surface area (Å²) >= 11 is 0. The number of halogens is 1. The van der Waals surface area contributed by atoms with Crippen LogP contribution >= 0.6 is 24.0 Å². The highest BCUT2D eigenvalue weighted by Gasteiger charge is 2.19. The molecule has 0 heterocycles. The Hall–Kier alpha value is -0.0400. The monoisotopic (exact) mass is 380 g/mol. The average molecular weight is 380 g/mol. The quantitative estimate of drug-likeness (QED) is 0.422.